The average Bonchev–Trinajstić information content (AvgIpc) is 2.49. The number of ether oxygens (including phenoxy) is 2. The topological polar surface area (TPSA) is 67.8 Å². The maximum atomic E-state index is 11.1. The fourth-order valence-electron chi connectivity index (χ4n) is 1.89. The molecule has 1 rings (SSSR count). The van der Waals surface area contributed by atoms with Crippen LogP contribution >= 0.6 is 0 Å². The molecular formula is C16H21NO4. The van der Waals surface area contributed by atoms with Crippen molar-refractivity contribution in [2.45, 2.75) is 20.3 Å². The van der Waals surface area contributed by atoms with Crippen molar-refractivity contribution in [3.63, 3.8) is 0 Å². The third-order valence-corrected chi connectivity index (χ3v) is 2.91. The molecule has 0 heterocycles. The Morgan fingerprint density at radius 2 is 2.00 bits per heavy atom. The van der Waals surface area contributed by atoms with E-state index < -0.39 is 5.91 Å². The molecule has 114 valence electrons. The minimum Gasteiger partial charge on any atom is -0.496 e. The zero-order valence-corrected chi connectivity index (χ0v) is 12.8. The van der Waals surface area contributed by atoms with Crippen LogP contribution in [0.3, 0.4) is 0 Å². The molecule has 0 aliphatic heterocycles. The summed E-state index contributed by atoms with van der Waals surface area (Å²) in [6.45, 7) is 4.04. The van der Waals surface area contributed by atoms with Gasteiger partial charge in [-0.05, 0) is 38.5 Å². The smallest absolute Gasteiger partial charge is 0.267 e. The minimum atomic E-state index is -0.598. The summed E-state index contributed by atoms with van der Waals surface area (Å²) in [5.74, 6) is 0.778. The molecule has 0 radical (unpaired) electrons. The number of methoxy groups -OCH3 is 2. The summed E-state index contributed by atoms with van der Waals surface area (Å²) in [5.41, 5.74) is 4.39. The largest absolute Gasteiger partial charge is 0.496 e. The van der Waals surface area contributed by atoms with Crippen LogP contribution in [0.1, 0.15) is 25.0 Å². The molecule has 0 fully saturated rings. The second-order valence-electron chi connectivity index (χ2n) is 4.66. The molecule has 0 aliphatic rings. The van der Waals surface area contributed by atoms with E-state index in [4.69, 9.17) is 14.7 Å². The molecular weight excluding hydrogens is 270 g/mol. The zero-order valence-electron chi connectivity index (χ0n) is 12.8. The number of amides is 1. The number of hydrogen-bond acceptors (Lipinski definition) is 4. The van der Waals surface area contributed by atoms with Gasteiger partial charge in [-0.15, -0.1) is 0 Å². The molecule has 0 saturated carbocycles. The predicted octanol–water partition coefficient (Wildman–Crippen LogP) is 2.73. The highest BCUT2D eigenvalue weighted by Crippen LogP contribution is 2.33. The number of hydroxylamine groups is 1. The lowest BCUT2D eigenvalue weighted by Crippen LogP contribution is -2.14. The van der Waals surface area contributed by atoms with Gasteiger partial charge in [0.15, 0.2) is 0 Å². The fraction of sp³-hybridized carbons (Fsp3) is 0.312. The highest BCUT2D eigenvalue weighted by molar-refractivity contribution is 5.91. The van der Waals surface area contributed by atoms with Crippen molar-refractivity contribution >= 4 is 12.0 Å². The normalized spacial score (nSPS) is 10.3. The molecule has 1 aromatic carbocycles. The third-order valence-electron chi connectivity index (χ3n) is 2.91. The number of carbonyl (C=O) groups is 1. The predicted molar refractivity (Wildman–Crippen MR) is 81.6 cm³/mol. The molecule has 0 aliphatic carbocycles. The molecule has 1 aromatic rings. The number of nitrogens with one attached hydrogen (secondary N) is 1. The van der Waals surface area contributed by atoms with Gasteiger partial charge < -0.3 is 9.47 Å². The van der Waals surface area contributed by atoms with Gasteiger partial charge in [-0.25, -0.2) is 5.48 Å². The monoisotopic (exact) mass is 291 g/mol. The molecule has 21 heavy (non-hydrogen) atoms. The summed E-state index contributed by atoms with van der Waals surface area (Å²) < 4.78 is 10.8. The van der Waals surface area contributed by atoms with Crippen molar-refractivity contribution in [1.29, 1.82) is 0 Å². The lowest BCUT2D eigenvalue weighted by molar-refractivity contribution is -0.124. The maximum Gasteiger partial charge on any atom is 0.267 e. The van der Waals surface area contributed by atoms with E-state index in [1.54, 1.807) is 31.8 Å². The van der Waals surface area contributed by atoms with Gasteiger partial charge in [0.2, 0.25) is 0 Å². The zero-order chi connectivity index (χ0) is 15.8. The van der Waals surface area contributed by atoms with Crippen LogP contribution in [0.2, 0.25) is 0 Å². The Labute approximate surface area is 124 Å². The first-order valence-electron chi connectivity index (χ1n) is 6.52. The molecule has 0 aromatic heterocycles. The molecule has 0 saturated heterocycles. The Balaban J connectivity index is 3.28. The minimum absolute atomic E-state index is 0.598. The van der Waals surface area contributed by atoms with Crippen molar-refractivity contribution in [2.24, 2.45) is 0 Å². The molecule has 0 bridgehead atoms. The Hall–Kier alpha value is -2.27. The van der Waals surface area contributed by atoms with Crippen molar-refractivity contribution in [3.05, 3.63) is 41.0 Å². The summed E-state index contributed by atoms with van der Waals surface area (Å²) in [4.78, 5) is 11.1. The molecule has 1 amide bonds. The number of allylic oxidation sites excluding steroid dienone is 2. The van der Waals surface area contributed by atoms with Crippen LogP contribution in [0.15, 0.2) is 29.9 Å². The standard InChI is InChI=1S/C16H21NO4/c1-11(2)5-8-13-14(20-3)9-6-12(16(13)21-4)7-10-15(18)17-19/h5-7,9-10,19H,8H2,1-4H3,(H,17,18). The van der Waals surface area contributed by atoms with Gasteiger partial charge in [0, 0.05) is 17.2 Å². The van der Waals surface area contributed by atoms with Gasteiger partial charge in [0.05, 0.1) is 14.2 Å². The maximum absolute atomic E-state index is 11.1. The van der Waals surface area contributed by atoms with Crippen molar-refractivity contribution in [2.75, 3.05) is 14.2 Å². The highest BCUT2D eigenvalue weighted by Gasteiger charge is 2.12. The summed E-state index contributed by atoms with van der Waals surface area (Å²) in [6.07, 6.45) is 5.56. The summed E-state index contributed by atoms with van der Waals surface area (Å²) >= 11 is 0. The van der Waals surface area contributed by atoms with Crippen molar-refractivity contribution < 1.29 is 19.5 Å². The number of rotatable bonds is 6. The van der Waals surface area contributed by atoms with E-state index in [1.165, 1.54) is 11.6 Å². The number of benzene rings is 1. The molecule has 0 unspecified atom stereocenters. The lowest BCUT2D eigenvalue weighted by atomic mass is 10.0. The number of hydrogen-bond donors (Lipinski definition) is 2. The first-order valence-corrected chi connectivity index (χ1v) is 6.52. The van der Waals surface area contributed by atoms with Gasteiger partial charge >= 0.3 is 0 Å². The Bertz CT molecular complexity index is 558. The van der Waals surface area contributed by atoms with Gasteiger partial charge in [-0.1, -0.05) is 11.6 Å². The highest BCUT2D eigenvalue weighted by atomic mass is 16.5. The van der Waals surface area contributed by atoms with Crippen LogP contribution in [0.5, 0.6) is 11.5 Å². The molecule has 0 spiro atoms. The quantitative estimate of drug-likeness (QED) is 0.366. The van der Waals surface area contributed by atoms with Crippen LogP contribution in [0, 0.1) is 0 Å². The van der Waals surface area contributed by atoms with E-state index in [-0.39, 0.29) is 0 Å². The third kappa shape index (κ3) is 4.65. The SMILES string of the molecule is COc1ccc(C=CC(=O)NO)c(OC)c1CC=C(C)C. The molecule has 5 heteroatoms. The Morgan fingerprint density at radius 3 is 2.52 bits per heavy atom. The summed E-state index contributed by atoms with van der Waals surface area (Å²) in [5, 5.41) is 8.51. The van der Waals surface area contributed by atoms with E-state index >= 15 is 0 Å². The fourth-order valence-corrected chi connectivity index (χ4v) is 1.89. The van der Waals surface area contributed by atoms with Gasteiger partial charge in [0.1, 0.15) is 11.5 Å². The van der Waals surface area contributed by atoms with E-state index in [1.807, 2.05) is 19.9 Å². The van der Waals surface area contributed by atoms with Crippen molar-refractivity contribution in [3.8, 4) is 11.5 Å². The second kappa shape index (κ2) is 8.11. The number of carbonyl (C=O) groups excluding carboxylic acids is 1. The second-order valence-corrected chi connectivity index (χ2v) is 4.66. The van der Waals surface area contributed by atoms with Gasteiger partial charge in [-0.3, -0.25) is 10.0 Å². The van der Waals surface area contributed by atoms with E-state index in [0.717, 1.165) is 16.9 Å². The van der Waals surface area contributed by atoms with E-state index in [9.17, 15) is 4.79 Å². The van der Waals surface area contributed by atoms with Crippen LogP contribution in [0.4, 0.5) is 0 Å². The molecule has 2 N–H and O–H groups in total. The first-order chi connectivity index (χ1) is 10.0. The van der Waals surface area contributed by atoms with Crippen LogP contribution in [-0.2, 0) is 11.2 Å². The van der Waals surface area contributed by atoms with Crippen LogP contribution in [-0.4, -0.2) is 25.3 Å². The Morgan fingerprint density at radius 1 is 1.29 bits per heavy atom. The van der Waals surface area contributed by atoms with E-state index in [2.05, 4.69) is 6.08 Å². The average molecular weight is 291 g/mol. The van der Waals surface area contributed by atoms with Crippen LogP contribution < -0.4 is 15.0 Å². The first kappa shape index (κ1) is 16.8. The van der Waals surface area contributed by atoms with Crippen LogP contribution in [0.25, 0.3) is 6.08 Å². The lowest BCUT2D eigenvalue weighted by Gasteiger charge is -2.14. The summed E-state index contributed by atoms with van der Waals surface area (Å²) in [7, 11) is 3.18. The molecule has 0 atom stereocenters. The molecule has 5 nitrogen and oxygen atoms in total. The van der Waals surface area contributed by atoms with Gasteiger partial charge in [-0.2, -0.15) is 0 Å². The summed E-state index contributed by atoms with van der Waals surface area (Å²) in [6, 6.07) is 3.62. The van der Waals surface area contributed by atoms with Crippen molar-refractivity contribution in [1.82, 2.24) is 5.48 Å². The Kier molecular flexibility index (Phi) is 6.49. The van der Waals surface area contributed by atoms with E-state index in [0.29, 0.717) is 12.2 Å². The van der Waals surface area contributed by atoms with Gasteiger partial charge in [0.25, 0.3) is 5.91 Å².